The Hall–Kier alpha value is -4.00. The summed E-state index contributed by atoms with van der Waals surface area (Å²) in [5, 5.41) is 13.1. The van der Waals surface area contributed by atoms with Crippen LogP contribution >= 0.6 is 0 Å². The molecule has 1 amide bonds. The number of amides is 1. The molecule has 0 aliphatic rings. The van der Waals surface area contributed by atoms with Gasteiger partial charge in [0.25, 0.3) is 0 Å². The van der Waals surface area contributed by atoms with Crippen molar-refractivity contribution in [2.45, 2.75) is 6.92 Å². The van der Waals surface area contributed by atoms with E-state index in [4.69, 9.17) is 0 Å². The molecule has 150 valence electrons. The summed E-state index contributed by atoms with van der Waals surface area (Å²) in [5.41, 5.74) is 3.90. The molecule has 0 fully saturated rings. The summed E-state index contributed by atoms with van der Waals surface area (Å²) in [4.78, 5) is 16.5. The van der Waals surface area contributed by atoms with E-state index in [1.165, 1.54) is 18.2 Å². The average molecular weight is 405 g/mol. The van der Waals surface area contributed by atoms with Gasteiger partial charge in [0.2, 0.25) is 5.91 Å². The number of hydrogen-bond acceptors (Lipinski definition) is 3. The molecule has 0 aliphatic carbocycles. The minimum absolute atomic E-state index is 0.372. The molecule has 0 radical (unpaired) electrons. The van der Waals surface area contributed by atoms with Gasteiger partial charge in [-0.15, -0.1) is 0 Å². The van der Waals surface area contributed by atoms with Crippen LogP contribution in [0.2, 0.25) is 0 Å². The first-order chi connectivity index (χ1) is 14.4. The predicted octanol–water partition coefficient (Wildman–Crippen LogP) is 5.18. The van der Waals surface area contributed by atoms with Crippen molar-refractivity contribution in [3.8, 4) is 11.4 Å². The lowest BCUT2D eigenvalue weighted by Crippen LogP contribution is -2.07. The lowest BCUT2D eigenvalue weighted by Gasteiger charge is -2.05. The van der Waals surface area contributed by atoms with E-state index in [0.717, 1.165) is 22.4 Å². The van der Waals surface area contributed by atoms with Crippen LogP contribution in [0, 0.1) is 18.6 Å². The van der Waals surface area contributed by atoms with Crippen molar-refractivity contribution in [2.24, 2.45) is 0 Å². The maximum atomic E-state index is 13.2. The molecule has 2 N–H and O–H groups in total. The second-order valence-corrected chi connectivity index (χ2v) is 6.81. The third-order valence-electron chi connectivity index (χ3n) is 4.57. The second kappa shape index (κ2) is 7.79. The fraction of sp³-hybridized carbons (Fsp3) is 0.0435. The Kier molecular flexibility index (Phi) is 5.02. The number of carbonyl (C=O) groups excluding carboxylic acids is 1. The molecule has 0 spiro atoms. The van der Waals surface area contributed by atoms with Gasteiger partial charge in [0.15, 0.2) is 17.5 Å². The number of rotatable bonds is 4. The van der Waals surface area contributed by atoms with Gasteiger partial charge in [-0.2, -0.15) is 4.73 Å². The van der Waals surface area contributed by atoms with Crippen molar-refractivity contribution in [1.29, 1.82) is 0 Å². The van der Waals surface area contributed by atoms with Crippen LogP contribution in [-0.2, 0) is 4.79 Å². The Morgan fingerprint density at radius 1 is 1.03 bits per heavy atom. The number of fused-ring (bicyclic) bond motifs is 1. The van der Waals surface area contributed by atoms with Gasteiger partial charge in [-0.25, -0.2) is 13.8 Å². The molecule has 0 saturated heterocycles. The smallest absolute Gasteiger partial charge is 0.248 e. The zero-order chi connectivity index (χ0) is 21.3. The highest BCUT2D eigenvalue weighted by Gasteiger charge is 2.12. The number of aryl methyl sites for hydroxylation is 1. The molecule has 0 bridgehead atoms. The van der Waals surface area contributed by atoms with Crippen LogP contribution in [0.15, 0.2) is 66.7 Å². The molecule has 4 rings (SSSR count). The molecule has 0 aliphatic heterocycles. The molecule has 1 aromatic heterocycles. The van der Waals surface area contributed by atoms with E-state index < -0.39 is 17.5 Å². The Morgan fingerprint density at radius 3 is 2.53 bits per heavy atom. The first-order valence-electron chi connectivity index (χ1n) is 9.13. The fourth-order valence-electron chi connectivity index (χ4n) is 3.03. The van der Waals surface area contributed by atoms with Crippen LogP contribution < -0.4 is 5.32 Å². The molecule has 0 unspecified atom stereocenters. The fourth-order valence-corrected chi connectivity index (χ4v) is 3.03. The maximum absolute atomic E-state index is 13.2. The number of aromatic nitrogens is 2. The van der Waals surface area contributed by atoms with Crippen LogP contribution in [-0.4, -0.2) is 20.8 Å². The summed E-state index contributed by atoms with van der Waals surface area (Å²) in [6, 6.07) is 15.8. The van der Waals surface area contributed by atoms with Gasteiger partial charge < -0.3 is 10.5 Å². The molecule has 4 aromatic rings. The van der Waals surface area contributed by atoms with E-state index in [-0.39, 0.29) is 0 Å². The molecule has 0 atom stereocenters. The van der Waals surface area contributed by atoms with Gasteiger partial charge >= 0.3 is 0 Å². The quantitative estimate of drug-likeness (QED) is 0.363. The molecule has 1 heterocycles. The van der Waals surface area contributed by atoms with Crippen LogP contribution in [0.5, 0.6) is 0 Å². The minimum Gasteiger partial charge on any atom is -0.426 e. The maximum Gasteiger partial charge on any atom is 0.248 e. The standard InChI is InChI=1S/C23H17F2N3O2/c1-14-2-10-20-21(12-14)28(30)23(27-20)16-5-7-17(8-6-16)26-22(29)11-4-15-3-9-18(24)19(25)13-15/h2-13,30H,1H3,(H,26,29)/b11-4+. The van der Waals surface area contributed by atoms with Crippen molar-refractivity contribution in [3.63, 3.8) is 0 Å². The zero-order valence-corrected chi connectivity index (χ0v) is 15.9. The van der Waals surface area contributed by atoms with Crippen LogP contribution in [0.1, 0.15) is 11.1 Å². The number of benzene rings is 3. The summed E-state index contributed by atoms with van der Waals surface area (Å²) in [6.45, 7) is 1.94. The molecule has 5 nitrogen and oxygen atoms in total. The lowest BCUT2D eigenvalue weighted by molar-refractivity contribution is -0.111. The molecular weight excluding hydrogens is 388 g/mol. The van der Waals surface area contributed by atoms with Gasteiger partial charge in [-0.05, 0) is 72.7 Å². The Balaban J connectivity index is 1.48. The normalized spacial score (nSPS) is 11.3. The van der Waals surface area contributed by atoms with Gasteiger partial charge in [0, 0.05) is 17.3 Å². The average Bonchev–Trinajstić information content (AvgIpc) is 3.05. The third-order valence-corrected chi connectivity index (χ3v) is 4.57. The Labute approximate surface area is 170 Å². The zero-order valence-electron chi connectivity index (χ0n) is 15.9. The van der Waals surface area contributed by atoms with Crippen molar-refractivity contribution in [1.82, 2.24) is 9.71 Å². The van der Waals surface area contributed by atoms with E-state index in [2.05, 4.69) is 10.3 Å². The van der Waals surface area contributed by atoms with E-state index in [9.17, 15) is 18.8 Å². The van der Waals surface area contributed by atoms with Crippen LogP contribution in [0.4, 0.5) is 14.5 Å². The molecule has 0 saturated carbocycles. The molecule has 30 heavy (non-hydrogen) atoms. The summed E-state index contributed by atoms with van der Waals surface area (Å²) < 4.78 is 27.2. The number of anilines is 1. The van der Waals surface area contributed by atoms with Crippen molar-refractivity contribution in [3.05, 3.63) is 89.5 Å². The number of hydrogen-bond donors (Lipinski definition) is 2. The van der Waals surface area contributed by atoms with Gasteiger partial charge in [-0.3, -0.25) is 4.79 Å². The Bertz CT molecular complexity index is 1280. The first-order valence-corrected chi connectivity index (χ1v) is 9.13. The summed E-state index contributed by atoms with van der Waals surface area (Å²) >= 11 is 0. The SMILES string of the molecule is Cc1ccc2nc(-c3ccc(NC(=O)/C=C/c4ccc(F)c(F)c4)cc3)n(O)c2c1. The molecule has 7 heteroatoms. The summed E-state index contributed by atoms with van der Waals surface area (Å²) in [5.74, 6) is -1.94. The van der Waals surface area contributed by atoms with Gasteiger partial charge in [-0.1, -0.05) is 12.1 Å². The summed E-state index contributed by atoms with van der Waals surface area (Å²) in [7, 11) is 0. The first kappa shape index (κ1) is 19.3. The topological polar surface area (TPSA) is 67.2 Å². The number of halogens is 2. The van der Waals surface area contributed by atoms with Crippen molar-refractivity contribution < 1.29 is 18.8 Å². The Morgan fingerprint density at radius 2 is 1.80 bits per heavy atom. The lowest BCUT2D eigenvalue weighted by atomic mass is 10.2. The number of nitrogens with one attached hydrogen (secondary N) is 1. The monoisotopic (exact) mass is 405 g/mol. The highest BCUT2D eigenvalue weighted by Crippen LogP contribution is 2.25. The van der Waals surface area contributed by atoms with E-state index in [0.29, 0.717) is 33.7 Å². The van der Waals surface area contributed by atoms with E-state index in [1.807, 2.05) is 25.1 Å². The van der Waals surface area contributed by atoms with E-state index >= 15 is 0 Å². The number of nitrogens with zero attached hydrogens (tertiary/aromatic N) is 2. The van der Waals surface area contributed by atoms with Gasteiger partial charge in [0.05, 0.1) is 5.52 Å². The molecular formula is C23H17F2N3O2. The predicted molar refractivity (Wildman–Crippen MR) is 111 cm³/mol. The minimum atomic E-state index is -0.974. The van der Waals surface area contributed by atoms with E-state index in [1.54, 1.807) is 24.3 Å². The van der Waals surface area contributed by atoms with Crippen molar-refractivity contribution in [2.75, 3.05) is 5.32 Å². The van der Waals surface area contributed by atoms with Crippen molar-refractivity contribution >= 4 is 28.7 Å². The molecule has 3 aromatic carbocycles. The highest BCUT2D eigenvalue weighted by atomic mass is 19.2. The number of carbonyl (C=O) groups is 1. The largest absolute Gasteiger partial charge is 0.426 e. The second-order valence-electron chi connectivity index (χ2n) is 6.81. The van der Waals surface area contributed by atoms with Crippen LogP contribution in [0.3, 0.4) is 0 Å². The number of imidazole rings is 1. The summed E-state index contributed by atoms with van der Waals surface area (Å²) in [6.07, 6.45) is 2.62. The highest BCUT2D eigenvalue weighted by molar-refractivity contribution is 6.02. The van der Waals surface area contributed by atoms with Crippen LogP contribution in [0.25, 0.3) is 28.5 Å². The third kappa shape index (κ3) is 3.91. The van der Waals surface area contributed by atoms with Gasteiger partial charge in [0.1, 0.15) is 5.52 Å².